The maximum atomic E-state index is 5.39. The van der Waals surface area contributed by atoms with E-state index in [2.05, 4.69) is 52.5 Å². The van der Waals surface area contributed by atoms with E-state index in [1.54, 1.807) is 23.1 Å². The van der Waals surface area contributed by atoms with Crippen molar-refractivity contribution in [3.8, 4) is 23.5 Å². The van der Waals surface area contributed by atoms with E-state index in [0.29, 0.717) is 5.75 Å². The number of nitrogens with zero attached hydrogens (tertiary/aromatic N) is 2. The fourth-order valence-corrected chi connectivity index (χ4v) is 4.00. The Hall–Kier alpha value is -1.83. The summed E-state index contributed by atoms with van der Waals surface area (Å²) in [7, 11) is 0. The summed E-state index contributed by atoms with van der Waals surface area (Å²) in [6.07, 6.45) is 5.39. The minimum atomic E-state index is 0.620. The molecule has 0 amide bonds. The second-order valence-electron chi connectivity index (χ2n) is 4.76. The minimum absolute atomic E-state index is 0.620. The molecular formula is C17H14N2S2. The van der Waals surface area contributed by atoms with Crippen LogP contribution in [-0.4, -0.2) is 15.7 Å². The van der Waals surface area contributed by atoms with Crippen molar-refractivity contribution in [2.24, 2.45) is 0 Å². The van der Waals surface area contributed by atoms with Gasteiger partial charge in [0.25, 0.3) is 0 Å². The molecule has 0 aliphatic heterocycles. The standard InChI is InChI=1S/C17H14N2S2/c1-4-9-20-16-15-14(13-7-5-11(2)6-8-13)10-21-17(15)19-12(3)18-16/h1,5-8,10H,9H2,2-3H3. The molecule has 0 aliphatic rings. The summed E-state index contributed by atoms with van der Waals surface area (Å²) >= 11 is 3.26. The summed E-state index contributed by atoms with van der Waals surface area (Å²) in [5, 5.41) is 4.26. The zero-order valence-corrected chi connectivity index (χ0v) is 13.5. The highest BCUT2D eigenvalue weighted by Crippen LogP contribution is 2.38. The highest BCUT2D eigenvalue weighted by Gasteiger charge is 2.14. The monoisotopic (exact) mass is 310 g/mol. The highest BCUT2D eigenvalue weighted by atomic mass is 32.2. The summed E-state index contributed by atoms with van der Waals surface area (Å²) in [4.78, 5) is 10.2. The molecule has 0 radical (unpaired) electrons. The Labute approximate surface area is 132 Å². The van der Waals surface area contributed by atoms with Crippen LogP contribution in [-0.2, 0) is 0 Å². The number of benzene rings is 1. The van der Waals surface area contributed by atoms with Gasteiger partial charge in [-0.1, -0.05) is 47.5 Å². The third-order valence-electron chi connectivity index (χ3n) is 3.17. The molecule has 104 valence electrons. The van der Waals surface area contributed by atoms with Crippen molar-refractivity contribution >= 4 is 33.3 Å². The van der Waals surface area contributed by atoms with Gasteiger partial charge in [-0.15, -0.1) is 17.8 Å². The molecule has 0 atom stereocenters. The number of hydrogen-bond acceptors (Lipinski definition) is 4. The topological polar surface area (TPSA) is 25.8 Å². The number of terminal acetylenes is 1. The van der Waals surface area contributed by atoms with Gasteiger partial charge in [0.15, 0.2) is 0 Å². The Morgan fingerprint density at radius 2 is 1.95 bits per heavy atom. The Bertz CT molecular complexity index is 826. The van der Waals surface area contributed by atoms with Crippen molar-refractivity contribution in [3.05, 3.63) is 41.0 Å². The zero-order valence-electron chi connectivity index (χ0n) is 11.9. The molecule has 3 rings (SSSR count). The second kappa shape index (κ2) is 5.88. The van der Waals surface area contributed by atoms with Crippen LogP contribution < -0.4 is 0 Å². The van der Waals surface area contributed by atoms with Crippen LogP contribution in [0.15, 0.2) is 34.7 Å². The van der Waals surface area contributed by atoms with Crippen LogP contribution in [0.25, 0.3) is 21.3 Å². The Morgan fingerprint density at radius 1 is 1.19 bits per heavy atom. The number of aromatic nitrogens is 2. The van der Waals surface area contributed by atoms with Crippen LogP contribution in [0, 0.1) is 26.2 Å². The molecule has 1 aromatic carbocycles. The molecule has 21 heavy (non-hydrogen) atoms. The van der Waals surface area contributed by atoms with Gasteiger partial charge in [-0.2, -0.15) is 0 Å². The number of fused-ring (bicyclic) bond motifs is 1. The summed E-state index contributed by atoms with van der Waals surface area (Å²) in [5.74, 6) is 4.08. The molecule has 0 N–H and O–H groups in total. The van der Waals surface area contributed by atoms with Gasteiger partial charge in [-0.05, 0) is 19.4 Å². The van der Waals surface area contributed by atoms with Crippen LogP contribution in [0.3, 0.4) is 0 Å². The largest absolute Gasteiger partial charge is 0.226 e. The molecule has 0 aliphatic carbocycles. The molecule has 3 aromatic rings. The zero-order chi connectivity index (χ0) is 14.8. The van der Waals surface area contributed by atoms with Crippen molar-refractivity contribution in [1.29, 1.82) is 0 Å². The Balaban J connectivity index is 2.20. The van der Waals surface area contributed by atoms with Gasteiger partial charge < -0.3 is 0 Å². The van der Waals surface area contributed by atoms with Gasteiger partial charge in [0.2, 0.25) is 0 Å². The van der Waals surface area contributed by atoms with Crippen molar-refractivity contribution in [3.63, 3.8) is 0 Å². The van der Waals surface area contributed by atoms with Gasteiger partial charge in [-0.3, -0.25) is 0 Å². The first kappa shape index (κ1) is 14.1. The van der Waals surface area contributed by atoms with E-state index < -0.39 is 0 Å². The average molecular weight is 310 g/mol. The van der Waals surface area contributed by atoms with Crippen LogP contribution in [0.4, 0.5) is 0 Å². The molecule has 0 bridgehead atoms. The van der Waals surface area contributed by atoms with E-state index in [-0.39, 0.29) is 0 Å². The molecule has 2 heterocycles. The van der Waals surface area contributed by atoms with Crippen LogP contribution in [0.2, 0.25) is 0 Å². The first-order valence-electron chi connectivity index (χ1n) is 6.58. The van der Waals surface area contributed by atoms with Gasteiger partial charge in [0.1, 0.15) is 15.7 Å². The lowest BCUT2D eigenvalue weighted by molar-refractivity contribution is 1.02. The minimum Gasteiger partial charge on any atom is -0.226 e. The van der Waals surface area contributed by atoms with E-state index in [0.717, 1.165) is 21.1 Å². The summed E-state index contributed by atoms with van der Waals surface area (Å²) in [5.41, 5.74) is 3.64. The average Bonchev–Trinajstić information content (AvgIpc) is 2.89. The van der Waals surface area contributed by atoms with Crippen molar-refractivity contribution in [1.82, 2.24) is 9.97 Å². The first-order chi connectivity index (χ1) is 10.2. The fourth-order valence-electron chi connectivity index (χ4n) is 2.17. The van der Waals surface area contributed by atoms with Crippen LogP contribution >= 0.6 is 23.1 Å². The molecule has 2 aromatic heterocycles. The van der Waals surface area contributed by atoms with Crippen LogP contribution in [0.1, 0.15) is 11.4 Å². The van der Waals surface area contributed by atoms with Crippen LogP contribution in [0.5, 0.6) is 0 Å². The molecular weight excluding hydrogens is 296 g/mol. The SMILES string of the molecule is C#CCSc1nc(C)nc2scc(-c3ccc(C)cc3)c12. The third-order valence-corrected chi connectivity index (χ3v) is 4.92. The molecule has 0 unspecified atom stereocenters. The van der Waals surface area contributed by atoms with E-state index in [9.17, 15) is 0 Å². The lowest BCUT2D eigenvalue weighted by Gasteiger charge is -2.05. The number of rotatable bonds is 3. The molecule has 2 nitrogen and oxygen atoms in total. The number of thioether (sulfide) groups is 1. The maximum absolute atomic E-state index is 5.39. The van der Waals surface area contributed by atoms with Gasteiger partial charge in [0, 0.05) is 10.9 Å². The van der Waals surface area contributed by atoms with E-state index >= 15 is 0 Å². The summed E-state index contributed by atoms with van der Waals surface area (Å²) < 4.78 is 0. The predicted molar refractivity (Wildman–Crippen MR) is 91.9 cm³/mol. The fraction of sp³-hybridized carbons (Fsp3) is 0.176. The second-order valence-corrected chi connectivity index (χ2v) is 6.59. The Morgan fingerprint density at radius 3 is 2.67 bits per heavy atom. The van der Waals surface area contributed by atoms with Gasteiger partial charge in [-0.25, -0.2) is 9.97 Å². The molecule has 0 spiro atoms. The predicted octanol–water partition coefficient (Wildman–Crippen LogP) is 4.70. The Kier molecular flexibility index (Phi) is 3.96. The molecule has 0 fully saturated rings. The smallest absolute Gasteiger partial charge is 0.128 e. The number of hydrogen-bond donors (Lipinski definition) is 0. The third kappa shape index (κ3) is 2.80. The first-order valence-corrected chi connectivity index (χ1v) is 8.44. The maximum Gasteiger partial charge on any atom is 0.128 e. The lowest BCUT2D eigenvalue weighted by Crippen LogP contribution is -1.91. The summed E-state index contributed by atoms with van der Waals surface area (Å²) in [6, 6.07) is 8.54. The molecule has 0 saturated carbocycles. The van der Waals surface area contributed by atoms with Gasteiger partial charge in [0.05, 0.1) is 11.1 Å². The van der Waals surface area contributed by atoms with Crippen molar-refractivity contribution in [2.75, 3.05) is 5.75 Å². The number of thiophene rings is 1. The van der Waals surface area contributed by atoms with E-state index in [1.165, 1.54) is 16.7 Å². The highest BCUT2D eigenvalue weighted by molar-refractivity contribution is 7.99. The number of aryl methyl sites for hydroxylation is 2. The summed E-state index contributed by atoms with van der Waals surface area (Å²) in [6.45, 7) is 4.01. The van der Waals surface area contributed by atoms with Crippen molar-refractivity contribution < 1.29 is 0 Å². The van der Waals surface area contributed by atoms with Gasteiger partial charge >= 0.3 is 0 Å². The quantitative estimate of drug-likeness (QED) is 0.398. The lowest BCUT2D eigenvalue weighted by atomic mass is 10.1. The van der Waals surface area contributed by atoms with E-state index in [1.807, 2.05) is 6.92 Å². The van der Waals surface area contributed by atoms with Crippen molar-refractivity contribution in [2.45, 2.75) is 18.9 Å². The molecule has 0 saturated heterocycles. The normalized spacial score (nSPS) is 10.7. The van der Waals surface area contributed by atoms with E-state index in [4.69, 9.17) is 6.42 Å². The molecule has 4 heteroatoms.